The molecule has 1 amide bonds. The number of sulfone groups is 1. The largest absolute Gasteiger partial charge is 0.341 e. The zero-order chi connectivity index (χ0) is 15.3. The average molecular weight is 343 g/mol. The van der Waals surface area contributed by atoms with Crippen molar-refractivity contribution in [2.45, 2.75) is 36.5 Å². The molecule has 0 saturated heterocycles. The van der Waals surface area contributed by atoms with Crippen molar-refractivity contribution in [1.29, 1.82) is 0 Å². The van der Waals surface area contributed by atoms with Gasteiger partial charge < -0.3 is 11.1 Å². The highest BCUT2D eigenvalue weighted by molar-refractivity contribution is 7.91. The second kappa shape index (κ2) is 8.26. The predicted octanol–water partition coefficient (Wildman–Crippen LogP) is 2.17. The average Bonchev–Trinajstić information content (AvgIpc) is 2.36. The molecule has 0 aliphatic rings. The normalized spacial score (nSPS) is 12.6. The fourth-order valence-corrected chi connectivity index (χ4v) is 2.20. The van der Waals surface area contributed by atoms with Crippen LogP contribution in [0.15, 0.2) is 29.2 Å². The van der Waals surface area contributed by atoms with Gasteiger partial charge in [-0.2, -0.15) is 8.78 Å². The van der Waals surface area contributed by atoms with Gasteiger partial charge in [-0.15, -0.1) is 12.4 Å². The molecule has 0 radical (unpaired) electrons. The van der Waals surface area contributed by atoms with Crippen molar-refractivity contribution < 1.29 is 22.0 Å². The molecule has 3 N–H and O–H groups in total. The first kappa shape index (κ1) is 19.8. The van der Waals surface area contributed by atoms with E-state index in [0.29, 0.717) is 6.42 Å². The van der Waals surface area contributed by atoms with Gasteiger partial charge in [-0.3, -0.25) is 4.79 Å². The summed E-state index contributed by atoms with van der Waals surface area (Å²) < 4.78 is 47.4. The van der Waals surface area contributed by atoms with Gasteiger partial charge in [0.05, 0.1) is 4.90 Å². The third-order valence-electron chi connectivity index (χ3n) is 2.51. The summed E-state index contributed by atoms with van der Waals surface area (Å²) in [6.45, 7) is 1.75. The Hall–Kier alpha value is -1.25. The summed E-state index contributed by atoms with van der Waals surface area (Å²) in [7, 11) is -4.67. The molecule has 0 heterocycles. The van der Waals surface area contributed by atoms with Crippen LogP contribution in [0, 0.1) is 0 Å². The number of benzene rings is 1. The first-order valence-electron chi connectivity index (χ1n) is 5.91. The summed E-state index contributed by atoms with van der Waals surface area (Å²) in [6.07, 6.45) is 0.643. The number of halogens is 3. The fourth-order valence-electron chi connectivity index (χ4n) is 1.44. The molecular formula is C12H17ClF2N2O3S. The summed E-state index contributed by atoms with van der Waals surface area (Å²) in [6, 6.07) is 4.64. The minimum absolute atomic E-state index is 0. The van der Waals surface area contributed by atoms with E-state index in [9.17, 15) is 22.0 Å². The molecule has 0 spiro atoms. The van der Waals surface area contributed by atoms with Gasteiger partial charge in [0.15, 0.2) is 0 Å². The van der Waals surface area contributed by atoms with Crippen molar-refractivity contribution in [3.05, 3.63) is 24.3 Å². The Morgan fingerprint density at radius 1 is 1.38 bits per heavy atom. The van der Waals surface area contributed by atoms with E-state index in [4.69, 9.17) is 5.73 Å². The summed E-state index contributed by atoms with van der Waals surface area (Å²) in [5, 5.41) is 2.44. The molecule has 0 bridgehead atoms. The van der Waals surface area contributed by atoms with Gasteiger partial charge in [-0.1, -0.05) is 6.07 Å². The molecule has 0 saturated carbocycles. The summed E-state index contributed by atoms with van der Waals surface area (Å²) in [5.41, 5.74) is 5.66. The second-order valence-electron chi connectivity index (χ2n) is 4.40. The highest BCUT2D eigenvalue weighted by Gasteiger charge is 2.26. The van der Waals surface area contributed by atoms with Crippen molar-refractivity contribution in [3.8, 4) is 0 Å². The highest BCUT2D eigenvalue weighted by atomic mass is 35.5. The van der Waals surface area contributed by atoms with Crippen LogP contribution in [0.3, 0.4) is 0 Å². The van der Waals surface area contributed by atoms with E-state index < -0.39 is 20.5 Å². The van der Waals surface area contributed by atoms with Crippen LogP contribution in [-0.4, -0.2) is 26.1 Å². The van der Waals surface area contributed by atoms with Crippen molar-refractivity contribution in [3.63, 3.8) is 0 Å². The van der Waals surface area contributed by atoms with Crippen molar-refractivity contribution in [1.82, 2.24) is 0 Å². The number of carbonyl (C=O) groups excluding carboxylic acids is 1. The number of rotatable bonds is 6. The maximum atomic E-state index is 12.4. The van der Waals surface area contributed by atoms with Crippen LogP contribution in [0.2, 0.25) is 0 Å². The Kier molecular flexibility index (Phi) is 7.76. The fraction of sp³-hybridized carbons (Fsp3) is 0.417. The van der Waals surface area contributed by atoms with Gasteiger partial charge in [0.2, 0.25) is 15.7 Å². The summed E-state index contributed by atoms with van der Waals surface area (Å²) in [5.74, 6) is -3.85. The maximum absolute atomic E-state index is 12.4. The molecule has 0 aliphatic heterocycles. The molecule has 0 aromatic heterocycles. The van der Waals surface area contributed by atoms with Gasteiger partial charge in [0.1, 0.15) is 0 Å². The zero-order valence-electron chi connectivity index (χ0n) is 11.3. The van der Waals surface area contributed by atoms with E-state index >= 15 is 0 Å². The Morgan fingerprint density at radius 3 is 2.52 bits per heavy atom. The number of nitrogens with one attached hydrogen (secondary N) is 1. The number of hydrogen-bond donors (Lipinski definition) is 2. The monoisotopic (exact) mass is 342 g/mol. The number of anilines is 1. The Labute approximate surface area is 128 Å². The standard InChI is InChI=1S/C12H16F2N2O3S.ClH/c1-8(15)5-6-11(17)16-9-3-2-4-10(7-9)20(18,19)12(13)14;/h2-4,7-8,12H,5-6,15H2,1H3,(H,16,17);1H. The topological polar surface area (TPSA) is 89.3 Å². The number of nitrogens with two attached hydrogens (primary N) is 1. The van der Waals surface area contributed by atoms with Crippen molar-refractivity contribution in [2.24, 2.45) is 5.73 Å². The van der Waals surface area contributed by atoms with Gasteiger partial charge in [0, 0.05) is 18.2 Å². The zero-order valence-corrected chi connectivity index (χ0v) is 12.9. The molecule has 21 heavy (non-hydrogen) atoms. The SMILES string of the molecule is CC(N)CCC(=O)Nc1cccc(S(=O)(=O)C(F)F)c1.Cl. The minimum Gasteiger partial charge on any atom is -0.328 e. The van der Waals surface area contributed by atoms with Crippen LogP contribution in [0.4, 0.5) is 14.5 Å². The summed E-state index contributed by atoms with van der Waals surface area (Å²) >= 11 is 0. The molecule has 1 unspecified atom stereocenters. The predicted molar refractivity (Wildman–Crippen MR) is 78.4 cm³/mol. The Bertz CT molecular complexity index is 580. The first-order valence-corrected chi connectivity index (χ1v) is 7.45. The number of carbonyl (C=O) groups is 1. The van der Waals surface area contributed by atoms with Crippen LogP contribution in [0.1, 0.15) is 19.8 Å². The molecule has 120 valence electrons. The third-order valence-corrected chi connectivity index (χ3v) is 3.89. The second-order valence-corrected chi connectivity index (χ2v) is 6.32. The van der Waals surface area contributed by atoms with Crippen LogP contribution in [-0.2, 0) is 14.6 Å². The van der Waals surface area contributed by atoms with Crippen LogP contribution in [0.5, 0.6) is 0 Å². The van der Waals surface area contributed by atoms with E-state index in [-0.39, 0.29) is 36.5 Å². The lowest BCUT2D eigenvalue weighted by molar-refractivity contribution is -0.116. The first-order chi connectivity index (χ1) is 9.23. The molecule has 1 aromatic rings. The van der Waals surface area contributed by atoms with Crippen molar-refractivity contribution in [2.75, 3.05) is 5.32 Å². The molecule has 1 atom stereocenters. The molecule has 1 aromatic carbocycles. The van der Waals surface area contributed by atoms with Gasteiger partial charge in [-0.05, 0) is 31.5 Å². The van der Waals surface area contributed by atoms with E-state index in [1.807, 2.05) is 0 Å². The Morgan fingerprint density at radius 2 is 2.00 bits per heavy atom. The highest BCUT2D eigenvalue weighted by Crippen LogP contribution is 2.21. The summed E-state index contributed by atoms with van der Waals surface area (Å²) in [4.78, 5) is 11.0. The lowest BCUT2D eigenvalue weighted by Gasteiger charge is -2.09. The molecule has 0 aliphatic carbocycles. The van der Waals surface area contributed by atoms with E-state index in [2.05, 4.69) is 5.32 Å². The van der Waals surface area contributed by atoms with Crippen LogP contribution < -0.4 is 11.1 Å². The molecule has 5 nitrogen and oxygen atoms in total. The number of hydrogen-bond acceptors (Lipinski definition) is 4. The van der Waals surface area contributed by atoms with Gasteiger partial charge in [0.25, 0.3) is 0 Å². The van der Waals surface area contributed by atoms with Crippen LogP contribution >= 0.6 is 12.4 Å². The number of alkyl halides is 2. The van der Waals surface area contributed by atoms with Crippen molar-refractivity contribution >= 4 is 33.8 Å². The lowest BCUT2D eigenvalue weighted by atomic mass is 10.2. The molecular weight excluding hydrogens is 326 g/mol. The minimum atomic E-state index is -4.67. The van der Waals surface area contributed by atoms with E-state index in [1.54, 1.807) is 6.92 Å². The smallest absolute Gasteiger partial charge is 0.328 e. The Balaban J connectivity index is 0.00000400. The molecule has 0 fully saturated rings. The third kappa shape index (κ3) is 5.94. The number of amides is 1. The van der Waals surface area contributed by atoms with E-state index in [1.165, 1.54) is 12.1 Å². The van der Waals surface area contributed by atoms with Crippen LogP contribution in [0.25, 0.3) is 0 Å². The maximum Gasteiger partial charge on any atom is 0.341 e. The molecule has 1 rings (SSSR count). The van der Waals surface area contributed by atoms with Gasteiger partial charge in [-0.25, -0.2) is 8.42 Å². The quantitative estimate of drug-likeness (QED) is 0.829. The van der Waals surface area contributed by atoms with Gasteiger partial charge >= 0.3 is 5.76 Å². The van der Waals surface area contributed by atoms with E-state index in [0.717, 1.165) is 12.1 Å². The lowest BCUT2D eigenvalue weighted by Crippen LogP contribution is -2.19. The molecule has 9 heteroatoms.